The summed E-state index contributed by atoms with van der Waals surface area (Å²) in [7, 11) is 0. The topological polar surface area (TPSA) is 41.1 Å². The van der Waals surface area contributed by atoms with Gasteiger partial charge in [-0.25, -0.2) is 4.39 Å². The van der Waals surface area contributed by atoms with Gasteiger partial charge in [0.25, 0.3) is 0 Å². The van der Waals surface area contributed by atoms with Gasteiger partial charge in [0.1, 0.15) is 5.82 Å². The molecule has 2 N–H and O–H groups in total. The Morgan fingerprint density at radius 2 is 1.90 bits per heavy atom. The molecule has 0 fully saturated rings. The fourth-order valence-corrected chi connectivity index (χ4v) is 1.92. The molecule has 0 aliphatic heterocycles. The molecule has 0 aliphatic carbocycles. The van der Waals surface area contributed by atoms with Gasteiger partial charge in [0.15, 0.2) is 0 Å². The predicted molar refractivity (Wildman–Crippen MR) is 80.0 cm³/mol. The maximum atomic E-state index is 13.0. The van der Waals surface area contributed by atoms with Crippen molar-refractivity contribution in [3.8, 4) is 0 Å². The molecule has 6 heteroatoms. The highest BCUT2D eigenvalue weighted by molar-refractivity contribution is 6.44. The van der Waals surface area contributed by atoms with E-state index in [0.29, 0.717) is 16.4 Å². The van der Waals surface area contributed by atoms with E-state index >= 15 is 0 Å². The molecular formula is C14H11Cl2FN2O. The number of nitrogens with one attached hydrogen (secondary N) is 2. The summed E-state index contributed by atoms with van der Waals surface area (Å²) in [5.41, 5.74) is 0.961. The molecule has 0 bridgehead atoms. The summed E-state index contributed by atoms with van der Waals surface area (Å²) in [6, 6.07) is 10.8. The Morgan fingerprint density at radius 3 is 2.65 bits per heavy atom. The normalized spacial score (nSPS) is 10.2. The van der Waals surface area contributed by atoms with Crippen LogP contribution in [0.15, 0.2) is 42.5 Å². The maximum Gasteiger partial charge on any atom is 0.243 e. The van der Waals surface area contributed by atoms with Crippen LogP contribution in [0.3, 0.4) is 0 Å². The fraction of sp³-hybridized carbons (Fsp3) is 0.0714. The Hall–Kier alpha value is -1.78. The van der Waals surface area contributed by atoms with Gasteiger partial charge < -0.3 is 10.6 Å². The van der Waals surface area contributed by atoms with Crippen LogP contribution in [0.5, 0.6) is 0 Å². The van der Waals surface area contributed by atoms with Crippen LogP contribution in [-0.2, 0) is 4.79 Å². The lowest BCUT2D eigenvalue weighted by Crippen LogP contribution is -2.21. The van der Waals surface area contributed by atoms with Crippen molar-refractivity contribution in [3.05, 3.63) is 58.3 Å². The van der Waals surface area contributed by atoms with E-state index in [1.165, 1.54) is 12.1 Å². The average Bonchev–Trinajstić information content (AvgIpc) is 2.42. The van der Waals surface area contributed by atoms with Crippen LogP contribution in [0.2, 0.25) is 10.0 Å². The molecule has 0 radical (unpaired) electrons. The first-order chi connectivity index (χ1) is 9.56. The molecule has 2 aromatic carbocycles. The van der Waals surface area contributed by atoms with Crippen molar-refractivity contribution in [2.24, 2.45) is 0 Å². The molecule has 0 spiro atoms. The van der Waals surface area contributed by atoms with Crippen molar-refractivity contribution in [2.75, 3.05) is 17.2 Å². The molecule has 0 aliphatic rings. The zero-order valence-corrected chi connectivity index (χ0v) is 11.8. The number of carbonyl (C=O) groups excluding carboxylic acids is 1. The number of amides is 1. The first kappa shape index (κ1) is 14.6. The summed E-state index contributed by atoms with van der Waals surface area (Å²) < 4.78 is 13.0. The van der Waals surface area contributed by atoms with E-state index in [2.05, 4.69) is 10.6 Å². The Labute approximate surface area is 125 Å². The minimum atomic E-state index is -0.367. The van der Waals surface area contributed by atoms with E-state index in [0.717, 1.165) is 0 Å². The highest BCUT2D eigenvalue weighted by atomic mass is 35.5. The highest BCUT2D eigenvalue weighted by Crippen LogP contribution is 2.29. The molecule has 0 saturated carbocycles. The summed E-state index contributed by atoms with van der Waals surface area (Å²) in [5.74, 6) is -0.674. The number of benzene rings is 2. The summed E-state index contributed by atoms with van der Waals surface area (Å²) in [6.45, 7) is -0.00764. The van der Waals surface area contributed by atoms with Crippen LogP contribution in [-0.4, -0.2) is 12.5 Å². The Morgan fingerprint density at radius 1 is 1.15 bits per heavy atom. The van der Waals surface area contributed by atoms with Crippen LogP contribution in [0, 0.1) is 5.82 Å². The van der Waals surface area contributed by atoms with Gasteiger partial charge >= 0.3 is 0 Å². The predicted octanol–water partition coefficient (Wildman–Crippen LogP) is 4.18. The van der Waals surface area contributed by atoms with Gasteiger partial charge in [0, 0.05) is 5.69 Å². The molecule has 0 saturated heterocycles. The third kappa shape index (κ3) is 3.85. The van der Waals surface area contributed by atoms with E-state index in [1.54, 1.807) is 30.3 Å². The van der Waals surface area contributed by atoms with E-state index < -0.39 is 0 Å². The van der Waals surface area contributed by atoms with E-state index in [9.17, 15) is 9.18 Å². The number of hydrogen-bond donors (Lipinski definition) is 2. The van der Waals surface area contributed by atoms with Crippen LogP contribution < -0.4 is 10.6 Å². The molecule has 2 aromatic rings. The Kier molecular flexibility index (Phi) is 4.82. The third-order valence-corrected chi connectivity index (χ3v) is 3.32. The first-order valence-electron chi connectivity index (χ1n) is 5.79. The molecule has 20 heavy (non-hydrogen) atoms. The third-order valence-electron chi connectivity index (χ3n) is 2.50. The zero-order valence-electron chi connectivity index (χ0n) is 10.3. The average molecular weight is 313 g/mol. The lowest BCUT2D eigenvalue weighted by Gasteiger charge is -2.09. The van der Waals surface area contributed by atoms with Crippen LogP contribution >= 0.6 is 23.2 Å². The lowest BCUT2D eigenvalue weighted by atomic mass is 10.3. The Bertz CT molecular complexity index is 634. The van der Waals surface area contributed by atoms with Crippen molar-refractivity contribution < 1.29 is 9.18 Å². The SMILES string of the molecule is O=C(CNc1cccc(F)c1)Nc1cccc(Cl)c1Cl. The van der Waals surface area contributed by atoms with Crippen molar-refractivity contribution in [3.63, 3.8) is 0 Å². The second-order valence-corrected chi connectivity index (χ2v) is 4.80. The van der Waals surface area contributed by atoms with Crippen LogP contribution in [0.1, 0.15) is 0 Å². The molecule has 0 aromatic heterocycles. The van der Waals surface area contributed by atoms with Gasteiger partial charge in [0.2, 0.25) is 5.91 Å². The first-order valence-corrected chi connectivity index (χ1v) is 6.55. The minimum absolute atomic E-state index is 0.00764. The standard InChI is InChI=1S/C14H11Cl2FN2O/c15-11-5-2-6-12(14(11)16)19-13(20)8-18-10-4-1-3-9(17)7-10/h1-7,18H,8H2,(H,19,20). The summed E-state index contributed by atoms with van der Waals surface area (Å²) in [4.78, 5) is 11.8. The zero-order chi connectivity index (χ0) is 14.5. The van der Waals surface area contributed by atoms with Crippen LogP contribution in [0.4, 0.5) is 15.8 Å². The number of rotatable bonds is 4. The lowest BCUT2D eigenvalue weighted by molar-refractivity contribution is -0.114. The summed E-state index contributed by atoms with van der Waals surface area (Å²) in [6.07, 6.45) is 0. The van der Waals surface area contributed by atoms with Gasteiger partial charge in [0.05, 0.1) is 22.3 Å². The van der Waals surface area contributed by atoms with Gasteiger partial charge in [-0.3, -0.25) is 4.79 Å². The number of hydrogen-bond acceptors (Lipinski definition) is 2. The smallest absolute Gasteiger partial charge is 0.243 e. The quantitative estimate of drug-likeness (QED) is 0.889. The van der Waals surface area contributed by atoms with Crippen molar-refractivity contribution in [1.82, 2.24) is 0 Å². The second kappa shape index (κ2) is 6.59. The second-order valence-electron chi connectivity index (χ2n) is 4.01. The molecule has 2 rings (SSSR count). The van der Waals surface area contributed by atoms with Crippen molar-refractivity contribution in [2.45, 2.75) is 0 Å². The van der Waals surface area contributed by atoms with Gasteiger partial charge in [-0.1, -0.05) is 35.3 Å². The molecule has 1 amide bonds. The van der Waals surface area contributed by atoms with Crippen molar-refractivity contribution in [1.29, 1.82) is 0 Å². The Balaban J connectivity index is 1.94. The van der Waals surface area contributed by atoms with E-state index in [1.807, 2.05) is 0 Å². The van der Waals surface area contributed by atoms with Crippen LogP contribution in [0.25, 0.3) is 0 Å². The molecule has 3 nitrogen and oxygen atoms in total. The number of halogens is 3. The highest BCUT2D eigenvalue weighted by Gasteiger charge is 2.08. The molecule has 104 valence electrons. The minimum Gasteiger partial charge on any atom is -0.376 e. The number of anilines is 2. The van der Waals surface area contributed by atoms with Gasteiger partial charge in [-0.05, 0) is 30.3 Å². The fourth-order valence-electron chi connectivity index (χ4n) is 1.58. The number of carbonyl (C=O) groups is 1. The molecular weight excluding hydrogens is 302 g/mol. The van der Waals surface area contributed by atoms with Gasteiger partial charge in [-0.2, -0.15) is 0 Å². The van der Waals surface area contributed by atoms with E-state index in [4.69, 9.17) is 23.2 Å². The maximum absolute atomic E-state index is 13.0. The van der Waals surface area contributed by atoms with Gasteiger partial charge in [-0.15, -0.1) is 0 Å². The largest absolute Gasteiger partial charge is 0.376 e. The molecule has 0 atom stereocenters. The summed E-state index contributed by atoms with van der Waals surface area (Å²) >= 11 is 11.8. The molecule has 0 heterocycles. The van der Waals surface area contributed by atoms with Crippen molar-refractivity contribution >= 4 is 40.5 Å². The molecule has 0 unspecified atom stereocenters. The monoisotopic (exact) mass is 312 g/mol. The van der Waals surface area contributed by atoms with E-state index in [-0.39, 0.29) is 23.3 Å². The summed E-state index contributed by atoms with van der Waals surface area (Å²) in [5, 5.41) is 6.08.